The molecule has 0 radical (unpaired) electrons. The number of carbonyl (C=O) groups excluding carboxylic acids is 1. The lowest BCUT2D eigenvalue weighted by Gasteiger charge is -2.11. The fraction of sp³-hybridized carbons (Fsp3) is 0.474. The highest BCUT2D eigenvalue weighted by Gasteiger charge is 2.34. The van der Waals surface area contributed by atoms with E-state index in [0.29, 0.717) is 18.0 Å². The zero-order valence-corrected chi connectivity index (χ0v) is 14.3. The standard InChI is InChI=1S/C19H22FN3O2/c1-12-17(19(24)21-11-16-3-2-10-25-16)18(13-4-5-13)22-23(12)15-8-6-14(20)7-9-15/h6-9,13,16H,2-5,10-11H2,1H3,(H,21,24). The summed E-state index contributed by atoms with van der Waals surface area (Å²) in [6.07, 6.45) is 4.28. The highest BCUT2D eigenvalue weighted by atomic mass is 19.1. The number of aromatic nitrogens is 2. The fourth-order valence-corrected chi connectivity index (χ4v) is 3.38. The minimum atomic E-state index is -0.287. The van der Waals surface area contributed by atoms with Crippen molar-refractivity contribution in [2.75, 3.05) is 13.2 Å². The number of halogens is 1. The number of carbonyl (C=O) groups is 1. The van der Waals surface area contributed by atoms with Crippen LogP contribution in [0.1, 0.15) is 53.3 Å². The van der Waals surface area contributed by atoms with E-state index >= 15 is 0 Å². The molecule has 5 nitrogen and oxygen atoms in total. The number of ether oxygens (including phenoxy) is 1. The minimum Gasteiger partial charge on any atom is -0.376 e. The van der Waals surface area contributed by atoms with Crippen LogP contribution in [0, 0.1) is 12.7 Å². The minimum absolute atomic E-state index is 0.0942. The van der Waals surface area contributed by atoms with Gasteiger partial charge in [0.15, 0.2) is 0 Å². The van der Waals surface area contributed by atoms with Gasteiger partial charge in [0.2, 0.25) is 0 Å². The summed E-state index contributed by atoms with van der Waals surface area (Å²) in [6.45, 7) is 3.20. The third-order valence-electron chi connectivity index (χ3n) is 4.92. The molecule has 1 aromatic heterocycles. The molecule has 132 valence electrons. The van der Waals surface area contributed by atoms with Gasteiger partial charge in [-0.1, -0.05) is 0 Å². The third kappa shape index (κ3) is 3.31. The Morgan fingerprint density at radius 3 is 2.72 bits per heavy atom. The predicted molar refractivity (Wildman–Crippen MR) is 91.5 cm³/mol. The topological polar surface area (TPSA) is 56.1 Å². The molecule has 1 N–H and O–H groups in total. The molecular weight excluding hydrogens is 321 g/mol. The number of benzene rings is 1. The van der Waals surface area contributed by atoms with E-state index in [1.165, 1.54) is 12.1 Å². The van der Waals surface area contributed by atoms with Gasteiger partial charge in [0.25, 0.3) is 5.91 Å². The van der Waals surface area contributed by atoms with Crippen molar-refractivity contribution < 1.29 is 13.9 Å². The van der Waals surface area contributed by atoms with Gasteiger partial charge in [-0.05, 0) is 56.9 Å². The Morgan fingerprint density at radius 1 is 1.32 bits per heavy atom. The molecule has 2 heterocycles. The number of hydrogen-bond donors (Lipinski definition) is 1. The molecule has 4 rings (SSSR count). The van der Waals surface area contributed by atoms with Crippen molar-refractivity contribution in [2.24, 2.45) is 0 Å². The molecule has 2 fully saturated rings. The van der Waals surface area contributed by atoms with E-state index in [2.05, 4.69) is 10.4 Å². The fourth-order valence-electron chi connectivity index (χ4n) is 3.38. The Bertz CT molecular complexity index is 775. The molecule has 1 unspecified atom stereocenters. The van der Waals surface area contributed by atoms with E-state index in [1.807, 2.05) is 6.92 Å². The van der Waals surface area contributed by atoms with Gasteiger partial charge in [-0.2, -0.15) is 5.10 Å². The lowest BCUT2D eigenvalue weighted by atomic mass is 10.1. The van der Waals surface area contributed by atoms with E-state index in [-0.39, 0.29) is 17.8 Å². The highest BCUT2D eigenvalue weighted by molar-refractivity contribution is 5.97. The quantitative estimate of drug-likeness (QED) is 0.907. The van der Waals surface area contributed by atoms with Crippen LogP contribution >= 0.6 is 0 Å². The first kappa shape index (κ1) is 16.3. The van der Waals surface area contributed by atoms with Crippen LogP contribution in [0.2, 0.25) is 0 Å². The zero-order chi connectivity index (χ0) is 17.4. The van der Waals surface area contributed by atoms with Gasteiger partial charge in [-0.15, -0.1) is 0 Å². The molecule has 1 aromatic carbocycles. The summed E-state index contributed by atoms with van der Waals surface area (Å²) in [6, 6.07) is 6.18. The number of amides is 1. The maximum absolute atomic E-state index is 13.2. The second-order valence-electron chi connectivity index (χ2n) is 6.85. The van der Waals surface area contributed by atoms with Crippen molar-refractivity contribution >= 4 is 5.91 Å². The first-order chi connectivity index (χ1) is 12.1. The second-order valence-corrected chi connectivity index (χ2v) is 6.85. The van der Waals surface area contributed by atoms with Gasteiger partial charge in [0.1, 0.15) is 5.82 Å². The van der Waals surface area contributed by atoms with Crippen molar-refractivity contribution in [1.29, 1.82) is 0 Å². The van der Waals surface area contributed by atoms with E-state index in [9.17, 15) is 9.18 Å². The van der Waals surface area contributed by atoms with Crippen molar-refractivity contribution in [3.63, 3.8) is 0 Å². The molecular formula is C19H22FN3O2. The summed E-state index contributed by atoms with van der Waals surface area (Å²) < 4.78 is 20.5. The Kier molecular flexibility index (Phi) is 4.29. The summed E-state index contributed by atoms with van der Waals surface area (Å²) in [5.41, 5.74) is 3.06. The molecule has 1 amide bonds. The smallest absolute Gasteiger partial charge is 0.255 e. The van der Waals surface area contributed by atoms with Crippen molar-refractivity contribution in [3.05, 3.63) is 47.0 Å². The maximum atomic E-state index is 13.2. The molecule has 1 saturated heterocycles. The lowest BCUT2D eigenvalue weighted by molar-refractivity contribution is 0.0856. The van der Waals surface area contributed by atoms with Crippen LogP contribution < -0.4 is 5.32 Å². The molecule has 25 heavy (non-hydrogen) atoms. The first-order valence-electron chi connectivity index (χ1n) is 8.88. The van der Waals surface area contributed by atoms with Crippen LogP contribution in [0.4, 0.5) is 4.39 Å². The Morgan fingerprint density at radius 2 is 2.08 bits per heavy atom. The number of hydrogen-bond acceptors (Lipinski definition) is 3. The van der Waals surface area contributed by atoms with Gasteiger partial charge in [-0.25, -0.2) is 9.07 Å². The van der Waals surface area contributed by atoms with Gasteiger partial charge in [0.05, 0.1) is 28.7 Å². The molecule has 0 bridgehead atoms. The summed E-state index contributed by atoms with van der Waals surface area (Å²) in [7, 11) is 0. The average molecular weight is 343 g/mol. The van der Waals surface area contributed by atoms with E-state index in [1.54, 1.807) is 16.8 Å². The SMILES string of the molecule is Cc1c(C(=O)NCC2CCCO2)c(C2CC2)nn1-c1ccc(F)cc1. The summed E-state index contributed by atoms with van der Waals surface area (Å²) >= 11 is 0. The zero-order valence-electron chi connectivity index (χ0n) is 14.3. The van der Waals surface area contributed by atoms with Crippen LogP contribution in [0.15, 0.2) is 24.3 Å². The number of nitrogens with zero attached hydrogens (tertiary/aromatic N) is 2. The van der Waals surface area contributed by atoms with Crippen molar-refractivity contribution in [1.82, 2.24) is 15.1 Å². The van der Waals surface area contributed by atoms with Crippen LogP contribution in [-0.2, 0) is 4.74 Å². The molecule has 1 saturated carbocycles. The Hall–Kier alpha value is -2.21. The Balaban J connectivity index is 1.61. The maximum Gasteiger partial charge on any atom is 0.255 e. The van der Waals surface area contributed by atoms with Gasteiger partial charge >= 0.3 is 0 Å². The molecule has 1 aliphatic heterocycles. The molecule has 2 aromatic rings. The molecule has 6 heteroatoms. The summed E-state index contributed by atoms with van der Waals surface area (Å²) in [4.78, 5) is 12.8. The van der Waals surface area contributed by atoms with E-state index in [0.717, 1.165) is 49.4 Å². The lowest BCUT2D eigenvalue weighted by Crippen LogP contribution is -2.32. The molecule has 2 aliphatic rings. The van der Waals surface area contributed by atoms with Crippen molar-refractivity contribution in [3.8, 4) is 5.69 Å². The monoisotopic (exact) mass is 343 g/mol. The van der Waals surface area contributed by atoms with Gasteiger partial charge in [0, 0.05) is 19.1 Å². The number of rotatable bonds is 5. The second kappa shape index (κ2) is 6.59. The largest absolute Gasteiger partial charge is 0.376 e. The average Bonchev–Trinajstić information content (AvgIpc) is 3.21. The molecule has 1 aliphatic carbocycles. The van der Waals surface area contributed by atoms with Gasteiger partial charge in [-0.3, -0.25) is 4.79 Å². The van der Waals surface area contributed by atoms with Crippen LogP contribution in [0.25, 0.3) is 5.69 Å². The molecule has 0 spiro atoms. The van der Waals surface area contributed by atoms with Crippen LogP contribution in [0.5, 0.6) is 0 Å². The summed E-state index contributed by atoms with van der Waals surface area (Å²) in [5.74, 6) is -0.0300. The van der Waals surface area contributed by atoms with Crippen LogP contribution in [-0.4, -0.2) is 34.9 Å². The Labute approximate surface area is 146 Å². The summed E-state index contributed by atoms with van der Waals surface area (Å²) in [5, 5.41) is 7.68. The highest BCUT2D eigenvalue weighted by Crippen LogP contribution is 2.42. The third-order valence-corrected chi connectivity index (χ3v) is 4.92. The normalized spacial score (nSPS) is 20.0. The van der Waals surface area contributed by atoms with E-state index < -0.39 is 0 Å². The van der Waals surface area contributed by atoms with Gasteiger partial charge < -0.3 is 10.1 Å². The number of nitrogens with one attached hydrogen (secondary N) is 1. The predicted octanol–water partition coefficient (Wildman–Crippen LogP) is 3.11. The van der Waals surface area contributed by atoms with E-state index in [4.69, 9.17) is 4.74 Å². The first-order valence-corrected chi connectivity index (χ1v) is 8.88. The van der Waals surface area contributed by atoms with Crippen molar-refractivity contribution in [2.45, 2.75) is 44.6 Å². The molecule has 1 atom stereocenters. The van der Waals surface area contributed by atoms with Crippen LogP contribution in [0.3, 0.4) is 0 Å².